The molecule has 7 heteroatoms. The molecule has 0 spiro atoms. The average Bonchev–Trinajstić information content (AvgIpc) is 2.75. The third kappa shape index (κ3) is 5.37. The Balaban J connectivity index is 1.59. The highest BCUT2D eigenvalue weighted by Crippen LogP contribution is 2.21. The number of amides is 2. The summed E-state index contributed by atoms with van der Waals surface area (Å²) in [4.78, 5) is 38.8. The lowest BCUT2D eigenvalue weighted by atomic mass is 10.1. The van der Waals surface area contributed by atoms with E-state index in [1.54, 1.807) is 6.07 Å². The Morgan fingerprint density at radius 3 is 2.63 bits per heavy atom. The van der Waals surface area contributed by atoms with Crippen molar-refractivity contribution in [2.24, 2.45) is 0 Å². The summed E-state index contributed by atoms with van der Waals surface area (Å²) in [7, 11) is 0. The summed E-state index contributed by atoms with van der Waals surface area (Å²) < 4.78 is 11.0. The number of hydrogen-bond donors (Lipinski definition) is 1. The zero-order valence-electron chi connectivity index (χ0n) is 17.2. The number of aryl methyl sites for hydroxylation is 1. The van der Waals surface area contributed by atoms with Gasteiger partial charge in [-0.1, -0.05) is 42.5 Å². The van der Waals surface area contributed by atoms with Crippen molar-refractivity contribution in [2.75, 3.05) is 19.7 Å². The predicted molar refractivity (Wildman–Crippen MR) is 111 cm³/mol. The van der Waals surface area contributed by atoms with Gasteiger partial charge in [-0.15, -0.1) is 0 Å². The van der Waals surface area contributed by atoms with Gasteiger partial charge >= 0.3 is 5.97 Å². The van der Waals surface area contributed by atoms with E-state index in [9.17, 15) is 14.4 Å². The van der Waals surface area contributed by atoms with Gasteiger partial charge in [-0.25, -0.2) is 0 Å². The molecule has 0 bridgehead atoms. The third-order valence-corrected chi connectivity index (χ3v) is 5.16. The molecule has 1 heterocycles. The largest absolute Gasteiger partial charge is 0.483 e. The van der Waals surface area contributed by atoms with E-state index in [4.69, 9.17) is 9.47 Å². The molecule has 1 fully saturated rings. The Morgan fingerprint density at radius 1 is 1.10 bits per heavy atom. The number of nitrogens with one attached hydrogen (secondary N) is 1. The average molecular weight is 410 g/mol. The molecular weight excluding hydrogens is 384 g/mol. The Labute approximate surface area is 176 Å². The first-order valence-corrected chi connectivity index (χ1v) is 9.91. The molecule has 0 aromatic heterocycles. The van der Waals surface area contributed by atoms with Crippen molar-refractivity contribution in [1.29, 1.82) is 0 Å². The first-order chi connectivity index (χ1) is 14.5. The number of piperazine rings is 1. The van der Waals surface area contributed by atoms with Gasteiger partial charge in [-0.3, -0.25) is 14.4 Å². The van der Waals surface area contributed by atoms with Gasteiger partial charge in [0.15, 0.2) is 6.61 Å². The van der Waals surface area contributed by atoms with Crippen molar-refractivity contribution >= 4 is 17.8 Å². The van der Waals surface area contributed by atoms with Crippen LogP contribution in [-0.4, -0.2) is 48.4 Å². The zero-order chi connectivity index (χ0) is 21.5. The van der Waals surface area contributed by atoms with Crippen LogP contribution in [0.5, 0.6) is 5.75 Å². The SMILES string of the molecule is Cc1cccc(OCC(=O)N2CCNC(=O)[C@H]2CC(=O)OCc2ccccc2)c1C. The molecule has 30 heavy (non-hydrogen) atoms. The van der Waals surface area contributed by atoms with Crippen LogP contribution in [0.1, 0.15) is 23.1 Å². The van der Waals surface area contributed by atoms with Gasteiger partial charge in [-0.05, 0) is 36.6 Å². The second-order valence-corrected chi connectivity index (χ2v) is 7.23. The minimum atomic E-state index is -0.906. The molecule has 3 rings (SSSR count). The van der Waals surface area contributed by atoms with Gasteiger partial charge in [0.25, 0.3) is 5.91 Å². The summed E-state index contributed by atoms with van der Waals surface area (Å²) >= 11 is 0. The van der Waals surface area contributed by atoms with Gasteiger partial charge in [0.2, 0.25) is 5.91 Å². The fourth-order valence-corrected chi connectivity index (χ4v) is 3.27. The molecule has 158 valence electrons. The van der Waals surface area contributed by atoms with Crippen molar-refractivity contribution < 1.29 is 23.9 Å². The fraction of sp³-hybridized carbons (Fsp3) is 0.348. The van der Waals surface area contributed by atoms with Crippen LogP contribution in [0.4, 0.5) is 0 Å². The topological polar surface area (TPSA) is 84.9 Å². The van der Waals surface area contributed by atoms with Crippen LogP contribution < -0.4 is 10.1 Å². The Morgan fingerprint density at radius 2 is 1.87 bits per heavy atom. The first-order valence-electron chi connectivity index (χ1n) is 9.91. The number of rotatable bonds is 7. The van der Waals surface area contributed by atoms with Crippen LogP contribution in [0.2, 0.25) is 0 Å². The molecule has 0 aliphatic carbocycles. The predicted octanol–water partition coefficient (Wildman–Crippen LogP) is 2.14. The second-order valence-electron chi connectivity index (χ2n) is 7.23. The van der Waals surface area contributed by atoms with E-state index in [2.05, 4.69) is 5.32 Å². The van der Waals surface area contributed by atoms with Gasteiger partial charge in [0.1, 0.15) is 18.4 Å². The molecule has 2 aromatic carbocycles. The smallest absolute Gasteiger partial charge is 0.308 e. The Kier molecular flexibility index (Phi) is 7.06. The molecule has 0 radical (unpaired) electrons. The highest BCUT2D eigenvalue weighted by atomic mass is 16.5. The Bertz CT molecular complexity index is 913. The maximum Gasteiger partial charge on any atom is 0.308 e. The highest BCUT2D eigenvalue weighted by Gasteiger charge is 2.35. The minimum Gasteiger partial charge on any atom is -0.483 e. The summed E-state index contributed by atoms with van der Waals surface area (Å²) in [6, 6.07) is 14.0. The highest BCUT2D eigenvalue weighted by molar-refractivity contribution is 5.92. The number of carbonyl (C=O) groups is 3. The fourth-order valence-electron chi connectivity index (χ4n) is 3.27. The lowest BCUT2D eigenvalue weighted by molar-refractivity contribution is -0.153. The standard InChI is InChI=1S/C23H26N2O5/c1-16-7-6-10-20(17(16)2)29-15-21(26)25-12-11-24-23(28)19(25)13-22(27)30-14-18-8-4-3-5-9-18/h3-10,19H,11-15H2,1-2H3,(H,24,28)/t19-/m1/s1. The lowest BCUT2D eigenvalue weighted by Crippen LogP contribution is -2.58. The molecule has 7 nitrogen and oxygen atoms in total. The minimum absolute atomic E-state index is 0.123. The van der Waals surface area contributed by atoms with Gasteiger partial charge in [0.05, 0.1) is 6.42 Å². The molecule has 1 aliphatic rings. The van der Waals surface area contributed by atoms with Crippen LogP contribution in [0.15, 0.2) is 48.5 Å². The summed E-state index contributed by atoms with van der Waals surface area (Å²) in [6.07, 6.45) is -0.201. The number of ether oxygens (including phenoxy) is 2. The summed E-state index contributed by atoms with van der Waals surface area (Å²) in [6.45, 7) is 4.47. The third-order valence-electron chi connectivity index (χ3n) is 5.16. The van der Waals surface area contributed by atoms with Crippen LogP contribution in [0.25, 0.3) is 0 Å². The van der Waals surface area contributed by atoms with Gasteiger partial charge in [0, 0.05) is 13.1 Å². The maximum absolute atomic E-state index is 12.8. The number of nitrogens with zero attached hydrogens (tertiary/aromatic N) is 1. The monoisotopic (exact) mass is 410 g/mol. The van der Waals surface area contributed by atoms with Crippen molar-refractivity contribution in [3.8, 4) is 5.75 Å². The molecule has 2 amide bonds. The molecule has 0 saturated carbocycles. The van der Waals surface area contributed by atoms with E-state index in [0.29, 0.717) is 18.8 Å². The van der Waals surface area contributed by atoms with Crippen molar-refractivity contribution in [3.63, 3.8) is 0 Å². The normalized spacial score (nSPS) is 16.0. The molecule has 1 aliphatic heterocycles. The Hall–Kier alpha value is -3.35. The summed E-state index contributed by atoms with van der Waals surface area (Å²) in [5.41, 5.74) is 2.88. The molecule has 1 saturated heterocycles. The van der Waals surface area contributed by atoms with Gasteiger partial charge < -0.3 is 19.7 Å². The zero-order valence-corrected chi connectivity index (χ0v) is 17.2. The van der Waals surface area contributed by atoms with E-state index in [0.717, 1.165) is 16.7 Å². The quantitative estimate of drug-likeness (QED) is 0.707. The van der Waals surface area contributed by atoms with Crippen LogP contribution in [0.3, 0.4) is 0 Å². The van der Waals surface area contributed by atoms with Crippen molar-refractivity contribution in [2.45, 2.75) is 32.9 Å². The molecule has 1 atom stereocenters. The molecule has 2 aromatic rings. The van der Waals surface area contributed by atoms with Crippen LogP contribution >= 0.6 is 0 Å². The number of esters is 1. The van der Waals surface area contributed by atoms with Gasteiger partial charge in [-0.2, -0.15) is 0 Å². The number of benzene rings is 2. The van der Waals surface area contributed by atoms with Crippen molar-refractivity contribution in [3.05, 3.63) is 65.2 Å². The maximum atomic E-state index is 12.8. The van der Waals surface area contributed by atoms with E-state index in [-0.39, 0.29) is 31.4 Å². The number of hydrogen-bond acceptors (Lipinski definition) is 5. The number of carbonyl (C=O) groups excluding carboxylic acids is 3. The van der Waals surface area contributed by atoms with E-state index >= 15 is 0 Å². The molecular formula is C23H26N2O5. The van der Waals surface area contributed by atoms with E-state index in [1.807, 2.05) is 56.3 Å². The van der Waals surface area contributed by atoms with E-state index < -0.39 is 12.0 Å². The van der Waals surface area contributed by atoms with Crippen molar-refractivity contribution in [1.82, 2.24) is 10.2 Å². The molecule has 0 unspecified atom stereocenters. The summed E-state index contributed by atoms with van der Waals surface area (Å²) in [5.74, 6) is -0.609. The first kappa shape index (κ1) is 21.4. The lowest BCUT2D eigenvalue weighted by Gasteiger charge is -2.34. The second kappa shape index (κ2) is 9.91. The summed E-state index contributed by atoms with van der Waals surface area (Å²) in [5, 5.41) is 2.71. The molecule has 1 N–H and O–H groups in total. The van der Waals surface area contributed by atoms with Crippen LogP contribution in [-0.2, 0) is 25.7 Å². The van der Waals surface area contributed by atoms with Crippen LogP contribution in [0, 0.1) is 13.8 Å². The van der Waals surface area contributed by atoms with E-state index in [1.165, 1.54) is 4.90 Å².